The van der Waals surface area contributed by atoms with Gasteiger partial charge >= 0.3 is 0 Å². The molecule has 0 radical (unpaired) electrons. The zero-order valence-corrected chi connectivity index (χ0v) is 9.89. The van der Waals surface area contributed by atoms with Crippen LogP contribution >= 0.6 is 11.6 Å². The number of aromatic nitrogens is 2. The minimum Gasteiger partial charge on any atom is -0.284 e. The van der Waals surface area contributed by atoms with Crippen LogP contribution in [0.4, 0.5) is 10.1 Å². The van der Waals surface area contributed by atoms with Crippen molar-refractivity contribution in [3.63, 3.8) is 0 Å². The van der Waals surface area contributed by atoms with Crippen molar-refractivity contribution in [2.75, 3.05) is 4.72 Å². The minimum absolute atomic E-state index is 0.180. The Labute approximate surface area is 102 Å². The Kier molecular flexibility index (Phi) is 3.03. The third-order valence-electron chi connectivity index (χ3n) is 1.93. The first-order valence-corrected chi connectivity index (χ1v) is 6.32. The number of nitrogens with zero attached hydrogens (tertiary/aromatic N) is 1. The summed E-state index contributed by atoms with van der Waals surface area (Å²) < 4.78 is 38.8. The predicted molar refractivity (Wildman–Crippen MR) is 60.8 cm³/mol. The van der Waals surface area contributed by atoms with E-state index in [0.717, 1.165) is 18.2 Å². The molecule has 1 aromatic carbocycles. The highest BCUT2D eigenvalue weighted by molar-refractivity contribution is 7.92. The Balaban J connectivity index is 2.38. The summed E-state index contributed by atoms with van der Waals surface area (Å²) in [5, 5.41) is 5.87. The van der Waals surface area contributed by atoms with E-state index in [0.29, 0.717) is 0 Å². The fraction of sp³-hybridized carbons (Fsp3) is 0. The van der Waals surface area contributed by atoms with Gasteiger partial charge in [0, 0.05) is 6.20 Å². The molecule has 2 aromatic rings. The second-order valence-electron chi connectivity index (χ2n) is 3.17. The van der Waals surface area contributed by atoms with Crippen LogP contribution in [0.1, 0.15) is 0 Å². The van der Waals surface area contributed by atoms with E-state index < -0.39 is 15.8 Å². The van der Waals surface area contributed by atoms with E-state index in [1.807, 2.05) is 0 Å². The maximum atomic E-state index is 12.8. The van der Waals surface area contributed by atoms with Crippen LogP contribution in [0.2, 0.25) is 5.02 Å². The van der Waals surface area contributed by atoms with Gasteiger partial charge in [-0.3, -0.25) is 9.82 Å². The smallest absolute Gasteiger partial charge is 0.263 e. The Morgan fingerprint density at radius 3 is 2.76 bits per heavy atom. The van der Waals surface area contributed by atoms with Crippen molar-refractivity contribution < 1.29 is 12.8 Å². The molecule has 0 amide bonds. The number of H-pyrrole nitrogens is 1. The van der Waals surface area contributed by atoms with Crippen molar-refractivity contribution in [3.05, 3.63) is 41.4 Å². The van der Waals surface area contributed by atoms with Crippen LogP contribution in [0, 0.1) is 5.82 Å². The first kappa shape index (κ1) is 11.9. The molecule has 5 nitrogen and oxygen atoms in total. The molecule has 0 aliphatic heterocycles. The first-order valence-electron chi connectivity index (χ1n) is 4.46. The first-order chi connectivity index (χ1) is 7.99. The number of rotatable bonds is 3. The Hall–Kier alpha value is -1.60. The van der Waals surface area contributed by atoms with E-state index in [9.17, 15) is 12.8 Å². The molecule has 0 saturated carbocycles. The Morgan fingerprint density at radius 1 is 1.41 bits per heavy atom. The molecule has 8 heteroatoms. The zero-order valence-electron chi connectivity index (χ0n) is 8.31. The number of hydrogen-bond donors (Lipinski definition) is 2. The lowest BCUT2D eigenvalue weighted by Crippen LogP contribution is -2.13. The second kappa shape index (κ2) is 4.34. The molecule has 0 saturated heterocycles. The average Bonchev–Trinajstić information content (AvgIpc) is 2.68. The van der Waals surface area contributed by atoms with Gasteiger partial charge in [0.15, 0.2) is 0 Å². The van der Waals surface area contributed by atoms with E-state index in [1.165, 1.54) is 12.4 Å². The lowest BCUT2D eigenvalue weighted by Gasteiger charge is -2.07. The van der Waals surface area contributed by atoms with Gasteiger partial charge in [0.25, 0.3) is 10.0 Å². The topological polar surface area (TPSA) is 74.8 Å². The molecule has 1 heterocycles. The van der Waals surface area contributed by atoms with Crippen LogP contribution in [-0.2, 0) is 10.0 Å². The second-order valence-corrected chi connectivity index (χ2v) is 5.23. The van der Waals surface area contributed by atoms with Crippen LogP contribution in [0.3, 0.4) is 0 Å². The van der Waals surface area contributed by atoms with Gasteiger partial charge in [-0.15, -0.1) is 0 Å². The highest BCUT2D eigenvalue weighted by Gasteiger charge is 2.18. The zero-order chi connectivity index (χ0) is 12.5. The predicted octanol–water partition coefficient (Wildman–Crippen LogP) is 2.00. The molecule has 17 heavy (non-hydrogen) atoms. The van der Waals surface area contributed by atoms with Gasteiger partial charge in [-0.2, -0.15) is 5.10 Å². The summed E-state index contributed by atoms with van der Waals surface area (Å²) in [6, 6.07) is 3.06. The Morgan fingerprint density at radius 2 is 2.18 bits per heavy atom. The summed E-state index contributed by atoms with van der Waals surface area (Å²) in [6.45, 7) is 0. The standard InChI is InChI=1S/C9H7ClFN3O2S/c10-8-3-6(11)1-2-9(8)17(15,16)14-7-4-12-13-5-7/h1-5,14H,(H,12,13). The van der Waals surface area contributed by atoms with Crippen molar-refractivity contribution in [1.82, 2.24) is 10.2 Å². The van der Waals surface area contributed by atoms with Gasteiger partial charge < -0.3 is 0 Å². The summed E-state index contributed by atoms with van der Waals surface area (Å²) in [4.78, 5) is -0.193. The molecule has 0 atom stereocenters. The summed E-state index contributed by atoms with van der Waals surface area (Å²) >= 11 is 5.67. The monoisotopic (exact) mass is 275 g/mol. The molecular weight excluding hydrogens is 269 g/mol. The van der Waals surface area contributed by atoms with Crippen LogP contribution < -0.4 is 4.72 Å². The van der Waals surface area contributed by atoms with Gasteiger partial charge in [0.05, 0.1) is 16.9 Å². The molecule has 2 rings (SSSR count). The molecule has 1 aromatic heterocycles. The number of hydrogen-bond acceptors (Lipinski definition) is 3. The fourth-order valence-electron chi connectivity index (χ4n) is 1.21. The molecule has 90 valence electrons. The molecule has 2 N–H and O–H groups in total. The van der Waals surface area contributed by atoms with Gasteiger partial charge in [-0.25, -0.2) is 12.8 Å². The molecule has 0 aliphatic rings. The lowest BCUT2D eigenvalue weighted by molar-refractivity contribution is 0.600. The molecule has 0 spiro atoms. The van der Waals surface area contributed by atoms with Crippen molar-refractivity contribution in [1.29, 1.82) is 0 Å². The summed E-state index contributed by atoms with van der Waals surface area (Å²) in [6.07, 6.45) is 2.67. The maximum absolute atomic E-state index is 12.8. The van der Waals surface area contributed by atoms with Crippen LogP contribution in [-0.4, -0.2) is 18.6 Å². The number of nitrogens with one attached hydrogen (secondary N) is 2. The largest absolute Gasteiger partial charge is 0.284 e. The van der Waals surface area contributed by atoms with E-state index in [-0.39, 0.29) is 15.6 Å². The quantitative estimate of drug-likeness (QED) is 0.900. The highest BCUT2D eigenvalue weighted by atomic mass is 35.5. The summed E-state index contributed by atoms with van der Waals surface area (Å²) in [5.41, 5.74) is 0.269. The molecule has 0 bridgehead atoms. The SMILES string of the molecule is O=S(=O)(Nc1cn[nH]c1)c1ccc(F)cc1Cl. The van der Waals surface area contributed by atoms with Crippen LogP contribution in [0.25, 0.3) is 0 Å². The number of halogens is 2. The van der Waals surface area contributed by atoms with Crippen molar-refractivity contribution >= 4 is 27.3 Å². The van der Waals surface area contributed by atoms with Crippen molar-refractivity contribution in [2.24, 2.45) is 0 Å². The Bertz CT molecular complexity index is 628. The average molecular weight is 276 g/mol. The number of anilines is 1. The molecule has 0 unspecified atom stereocenters. The van der Waals surface area contributed by atoms with Crippen molar-refractivity contribution in [3.8, 4) is 0 Å². The maximum Gasteiger partial charge on any atom is 0.263 e. The van der Waals surface area contributed by atoms with Gasteiger partial charge in [-0.1, -0.05) is 11.6 Å². The van der Waals surface area contributed by atoms with Crippen LogP contribution in [0.5, 0.6) is 0 Å². The van der Waals surface area contributed by atoms with Gasteiger partial charge in [0.1, 0.15) is 10.7 Å². The fourth-order valence-corrected chi connectivity index (χ4v) is 2.78. The van der Waals surface area contributed by atoms with Crippen molar-refractivity contribution in [2.45, 2.75) is 4.90 Å². The minimum atomic E-state index is -3.84. The lowest BCUT2D eigenvalue weighted by atomic mass is 10.3. The molecular formula is C9H7ClFN3O2S. The van der Waals surface area contributed by atoms with Crippen LogP contribution in [0.15, 0.2) is 35.5 Å². The number of benzene rings is 1. The summed E-state index contributed by atoms with van der Waals surface area (Å²) in [7, 11) is -3.84. The normalized spacial score (nSPS) is 11.4. The van der Waals surface area contributed by atoms with E-state index in [4.69, 9.17) is 11.6 Å². The third kappa shape index (κ3) is 2.56. The summed E-state index contributed by atoms with van der Waals surface area (Å²) in [5.74, 6) is -0.600. The van der Waals surface area contributed by atoms with E-state index >= 15 is 0 Å². The number of sulfonamides is 1. The molecule has 0 fully saturated rings. The number of aromatic amines is 1. The van der Waals surface area contributed by atoms with Gasteiger partial charge in [-0.05, 0) is 18.2 Å². The molecule has 0 aliphatic carbocycles. The van der Waals surface area contributed by atoms with Gasteiger partial charge in [0.2, 0.25) is 0 Å². The third-order valence-corrected chi connectivity index (χ3v) is 3.80. The van der Waals surface area contributed by atoms with E-state index in [2.05, 4.69) is 14.9 Å². The highest BCUT2D eigenvalue weighted by Crippen LogP contribution is 2.24. The van der Waals surface area contributed by atoms with E-state index in [1.54, 1.807) is 0 Å².